The first-order chi connectivity index (χ1) is 12.5. The molecule has 7 heteroatoms. The molecule has 2 N–H and O–H groups in total. The molecule has 0 spiro atoms. The van der Waals surface area contributed by atoms with Crippen LogP contribution in [0.5, 0.6) is 11.5 Å². The van der Waals surface area contributed by atoms with E-state index in [9.17, 15) is 4.79 Å². The van der Waals surface area contributed by atoms with Crippen LogP contribution in [-0.2, 0) is 0 Å². The molecule has 1 unspecified atom stereocenters. The zero-order chi connectivity index (χ0) is 18.9. The molecule has 2 aromatic carbocycles. The third kappa shape index (κ3) is 5.60. The summed E-state index contributed by atoms with van der Waals surface area (Å²) in [5, 5.41) is 9.01. The molecule has 0 aliphatic heterocycles. The summed E-state index contributed by atoms with van der Waals surface area (Å²) in [4.78, 5) is 11.3. The van der Waals surface area contributed by atoms with Crippen molar-refractivity contribution in [3.05, 3.63) is 54.1 Å². The van der Waals surface area contributed by atoms with E-state index in [4.69, 9.17) is 20.5 Å². The summed E-state index contributed by atoms with van der Waals surface area (Å²) in [6.07, 6.45) is 2.06. The summed E-state index contributed by atoms with van der Waals surface area (Å²) in [6, 6.07) is 15.2. The molecule has 6 nitrogen and oxygen atoms in total. The number of rotatable bonds is 8. The molecular weight excluding hydrogens is 350 g/mol. The van der Waals surface area contributed by atoms with Crippen LogP contribution < -0.4 is 19.5 Å². The van der Waals surface area contributed by atoms with Crippen molar-refractivity contribution >= 4 is 24.5 Å². The highest BCUT2D eigenvalue weighted by atomic mass is 32.1. The maximum atomic E-state index is 11.3. The van der Waals surface area contributed by atoms with Crippen LogP contribution in [0.3, 0.4) is 0 Å². The van der Waals surface area contributed by atoms with E-state index in [-0.39, 0.29) is 0 Å². The van der Waals surface area contributed by atoms with E-state index in [1.807, 2.05) is 0 Å². The van der Waals surface area contributed by atoms with Crippen LogP contribution in [-0.4, -0.2) is 12.3 Å². The number of benzene rings is 2. The average Bonchev–Trinajstić information content (AvgIpc) is 2.65. The van der Waals surface area contributed by atoms with Gasteiger partial charge in [0.2, 0.25) is 6.29 Å². The second-order valence-electron chi connectivity index (χ2n) is 5.59. The molecule has 0 fully saturated rings. The van der Waals surface area contributed by atoms with E-state index in [2.05, 4.69) is 25.8 Å². The summed E-state index contributed by atoms with van der Waals surface area (Å²) in [5.74, 6) is 1.09. The molecule has 0 bridgehead atoms. The third-order valence-electron chi connectivity index (χ3n) is 3.56. The number of urea groups is 1. The van der Waals surface area contributed by atoms with Crippen molar-refractivity contribution < 1.29 is 14.3 Å². The minimum atomic E-state index is -0.683. The lowest BCUT2D eigenvalue weighted by Crippen LogP contribution is -2.27. The first-order valence-electron chi connectivity index (χ1n) is 8.25. The summed E-state index contributed by atoms with van der Waals surface area (Å²) >= 11 is 4.05. The second kappa shape index (κ2) is 9.59. The van der Waals surface area contributed by atoms with Crippen LogP contribution in [0.2, 0.25) is 0 Å². The number of nitrogens with zero attached hydrogens (tertiary/aromatic N) is 2. The van der Waals surface area contributed by atoms with Gasteiger partial charge in [0.1, 0.15) is 11.5 Å². The molecule has 26 heavy (non-hydrogen) atoms. The number of nitriles is 1. The lowest BCUT2D eigenvalue weighted by Gasteiger charge is -2.21. The fourth-order valence-corrected chi connectivity index (χ4v) is 2.40. The van der Waals surface area contributed by atoms with Gasteiger partial charge in [-0.3, -0.25) is 0 Å². The average molecular weight is 371 g/mol. The Hall–Kier alpha value is -2.85. The molecule has 0 saturated heterocycles. The van der Waals surface area contributed by atoms with Gasteiger partial charge in [0.15, 0.2) is 0 Å². The zero-order valence-electron chi connectivity index (χ0n) is 14.5. The number of primary amides is 1. The molecule has 136 valence electrons. The Morgan fingerprint density at radius 1 is 1.23 bits per heavy atom. The number of anilines is 1. The topological polar surface area (TPSA) is 88.6 Å². The van der Waals surface area contributed by atoms with Gasteiger partial charge >= 0.3 is 6.03 Å². The monoisotopic (exact) mass is 371 g/mol. The molecule has 2 amide bonds. The molecule has 0 heterocycles. The van der Waals surface area contributed by atoms with Crippen LogP contribution in [0.25, 0.3) is 0 Å². The quantitative estimate of drug-likeness (QED) is 0.536. The fourth-order valence-electron chi connectivity index (χ4n) is 2.27. The summed E-state index contributed by atoms with van der Waals surface area (Å²) in [6.45, 7) is 2.08. The molecule has 0 aliphatic carbocycles. The summed E-state index contributed by atoms with van der Waals surface area (Å²) in [5.41, 5.74) is 6.25. The molecule has 0 saturated carbocycles. The SMILES string of the molecule is CCCCC(Oc1cccc(C#N)c1)Oc1cccc(N(S)C(N)=O)c1. The van der Waals surface area contributed by atoms with Crippen molar-refractivity contribution in [3.63, 3.8) is 0 Å². The number of carbonyl (C=O) groups is 1. The molecule has 2 rings (SSSR count). The van der Waals surface area contributed by atoms with Gasteiger partial charge in [0.05, 0.1) is 17.3 Å². The third-order valence-corrected chi connectivity index (χ3v) is 3.99. The van der Waals surface area contributed by atoms with E-state index >= 15 is 0 Å². The minimum absolute atomic E-state index is 0.499. The van der Waals surface area contributed by atoms with Gasteiger partial charge in [0.25, 0.3) is 0 Å². The Morgan fingerprint density at radius 2 is 1.88 bits per heavy atom. The van der Waals surface area contributed by atoms with E-state index in [1.165, 1.54) is 0 Å². The van der Waals surface area contributed by atoms with Gasteiger partial charge in [-0.05, 0) is 36.8 Å². The highest BCUT2D eigenvalue weighted by molar-refractivity contribution is 7.82. The standard InChI is InChI=1S/C19H21N3O3S/c1-2-3-10-18(24-16-8-4-6-14(11-16)13-20)25-17-9-5-7-15(12-17)22(26)19(21)23/h4-9,11-12,18,26H,2-3,10H2,1H3,(H2,21,23). The Bertz CT molecular complexity index is 792. The Labute approximate surface area is 158 Å². The number of hydrogen-bond acceptors (Lipinski definition) is 5. The van der Waals surface area contributed by atoms with Crippen LogP contribution in [0.15, 0.2) is 48.5 Å². The lowest BCUT2D eigenvalue weighted by atomic mass is 10.2. The van der Waals surface area contributed by atoms with Crippen molar-refractivity contribution in [1.82, 2.24) is 0 Å². The van der Waals surface area contributed by atoms with Gasteiger partial charge in [0, 0.05) is 12.5 Å². The molecule has 0 radical (unpaired) electrons. The zero-order valence-corrected chi connectivity index (χ0v) is 15.4. The number of hydrogen-bond donors (Lipinski definition) is 2. The predicted molar refractivity (Wildman–Crippen MR) is 103 cm³/mol. The fraction of sp³-hybridized carbons (Fsp3) is 0.263. The number of carbonyl (C=O) groups excluding carboxylic acids is 1. The van der Waals surface area contributed by atoms with Gasteiger partial charge in [-0.2, -0.15) is 5.26 Å². The van der Waals surface area contributed by atoms with Crippen molar-refractivity contribution in [2.75, 3.05) is 4.31 Å². The van der Waals surface area contributed by atoms with E-state index in [0.717, 1.165) is 17.1 Å². The number of ether oxygens (including phenoxy) is 2. The van der Waals surface area contributed by atoms with E-state index in [0.29, 0.717) is 29.2 Å². The maximum absolute atomic E-state index is 11.3. The van der Waals surface area contributed by atoms with Crippen molar-refractivity contribution in [1.29, 1.82) is 5.26 Å². The molecule has 0 aromatic heterocycles. The van der Waals surface area contributed by atoms with E-state index in [1.54, 1.807) is 48.5 Å². The highest BCUT2D eigenvalue weighted by Gasteiger charge is 2.14. The normalized spacial score (nSPS) is 11.3. The van der Waals surface area contributed by atoms with Crippen LogP contribution in [0.1, 0.15) is 31.7 Å². The maximum Gasteiger partial charge on any atom is 0.329 e. The van der Waals surface area contributed by atoms with Crippen LogP contribution in [0.4, 0.5) is 10.5 Å². The molecule has 2 aromatic rings. The second-order valence-corrected chi connectivity index (χ2v) is 5.99. The predicted octanol–water partition coefficient (Wildman–Crippen LogP) is 4.26. The van der Waals surface area contributed by atoms with Crippen molar-refractivity contribution in [2.24, 2.45) is 5.73 Å². The highest BCUT2D eigenvalue weighted by Crippen LogP contribution is 2.25. The van der Waals surface area contributed by atoms with Gasteiger partial charge in [-0.1, -0.05) is 38.3 Å². The summed E-state index contributed by atoms with van der Waals surface area (Å²) < 4.78 is 12.9. The van der Waals surface area contributed by atoms with Crippen molar-refractivity contribution in [3.8, 4) is 17.6 Å². The number of unbranched alkanes of at least 4 members (excludes halogenated alkanes) is 1. The first kappa shape index (κ1) is 19.5. The van der Waals surface area contributed by atoms with Crippen molar-refractivity contribution in [2.45, 2.75) is 32.5 Å². The molecule has 1 atom stereocenters. The molecular formula is C19H21N3O3S. The van der Waals surface area contributed by atoms with E-state index < -0.39 is 12.3 Å². The Morgan fingerprint density at radius 3 is 2.50 bits per heavy atom. The molecule has 0 aliphatic rings. The lowest BCUT2D eigenvalue weighted by molar-refractivity contribution is -0.00208. The Balaban J connectivity index is 2.15. The smallest absolute Gasteiger partial charge is 0.329 e. The minimum Gasteiger partial charge on any atom is -0.455 e. The van der Waals surface area contributed by atoms with Gasteiger partial charge in [-0.25, -0.2) is 9.10 Å². The van der Waals surface area contributed by atoms with Crippen LogP contribution >= 0.6 is 12.8 Å². The number of amides is 2. The number of nitrogens with two attached hydrogens (primary N) is 1. The summed E-state index contributed by atoms with van der Waals surface area (Å²) in [7, 11) is 0. The largest absolute Gasteiger partial charge is 0.455 e. The van der Waals surface area contributed by atoms with Crippen LogP contribution in [0, 0.1) is 11.3 Å². The van der Waals surface area contributed by atoms with Gasteiger partial charge < -0.3 is 15.2 Å². The van der Waals surface area contributed by atoms with Gasteiger partial charge in [-0.15, -0.1) is 0 Å². The number of thiol groups is 1. The first-order valence-corrected chi connectivity index (χ1v) is 8.65. The Kier molecular flexibility index (Phi) is 7.18.